The van der Waals surface area contributed by atoms with E-state index >= 15 is 0 Å². The van der Waals surface area contributed by atoms with E-state index in [1.807, 2.05) is 6.92 Å². The van der Waals surface area contributed by atoms with E-state index in [0.717, 1.165) is 25.8 Å². The molecule has 7 heteroatoms. The van der Waals surface area contributed by atoms with Gasteiger partial charge in [-0.1, -0.05) is 0 Å². The number of amides is 2. The summed E-state index contributed by atoms with van der Waals surface area (Å²) in [5.41, 5.74) is 0.556. The van der Waals surface area contributed by atoms with Gasteiger partial charge in [0.15, 0.2) is 0 Å². The molecule has 2 rings (SSSR count). The van der Waals surface area contributed by atoms with Crippen molar-refractivity contribution in [2.45, 2.75) is 37.1 Å². The smallest absolute Gasteiger partial charge is 0.322 e. The molecule has 1 aromatic rings. The highest BCUT2D eigenvalue weighted by Gasteiger charge is 2.23. The Morgan fingerprint density at radius 1 is 1.30 bits per heavy atom. The normalized spacial score (nSPS) is 19.7. The zero-order valence-corrected chi connectivity index (χ0v) is 12.2. The topological polar surface area (TPSA) is 92.5 Å². The second kappa shape index (κ2) is 5.80. The van der Waals surface area contributed by atoms with E-state index in [1.54, 1.807) is 4.90 Å². The second-order valence-corrected chi connectivity index (χ2v) is 6.60. The van der Waals surface area contributed by atoms with Gasteiger partial charge in [0.25, 0.3) is 0 Å². The Labute approximate surface area is 119 Å². The SMILES string of the molecule is C[C@H]1CCCCN1C(=O)Nc1ccc(S(N)(=O)=O)cc1. The number of sulfonamides is 1. The number of carbonyl (C=O) groups is 1. The monoisotopic (exact) mass is 297 g/mol. The van der Waals surface area contributed by atoms with E-state index in [1.165, 1.54) is 24.3 Å². The first-order valence-corrected chi connectivity index (χ1v) is 8.13. The van der Waals surface area contributed by atoms with Crippen LogP contribution in [0.2, 0.25) is 0 Å². The van der Waals surface area contributed by atoms with Gasteiger partial charge in [0.05, 0.1) is 4.90 Å². The molecule has 1 atom stereocenters. The minimum absolute atomic E-state index is 0.0295. The van der Waals surface area contributed by atoms with Crippen molar-refractivity contribution >= 4 is 21.7 Å². The Bertz CT molecular complexity index is 583. The molecule has 6 nitrogen and oxygen atoms in total. The van der Waals surface area contributed by atoms with Crippen LogP contribution in [-0.2, 0) is 10.0 Å². The molecule has 1 saturated heterocycles. The third-order valence-corrected chi connectivity index (χ3v) is 4.43. The summed E-state index contributed by atoms with van der Waals surface area (Å²) < 4.78 is 22.3. The molecule has 0 bridgehead atoms. The molecule has 1 heterocycles. The standard InChI is InChI=1S/C13H19N3O3S/c1-10-4-2-3-9-16(10)13(17)15-11-5-7-12(8-6-11)20(14,18)19/h5-8,10H,2-4,9H2,1H3,(H,15,17)(H2,14,18,19)/t10-/m0/s1. The summed E-state index contributed by atoms with van der Waals surface area (Å²) in [5.74, 6) is 0. The summed E-state index contributed by atoms with van der Waals surface area (Å²) in [6.07, 6.45) is 3.17. The maximum atomic E-state index is 12.1. The van der Waals surface area contributed by atoms with Gasteiger partial charge >= 0.3 is 6.03 Å². The largest absolute Gasteiger partial charge is 0.322 e. The highest BCUT2D eigenvalue weighted by atomic mass is 32.2. The average Bonchev–Trinajstić information content (AvgIpc) is 2.38. The lowest BCUT2D eigenvalue weighted by Gasteiger charge is -2.33. The zero-order valence-electron chi connectivity index (χ0n) is 11.4. The second-order valence-electron chi connectivity index (χ2n) is 5.04. The van der Waals surface area contributed by atoms with Crippen LogP contribution in [0.25, 0.3) is 0 Å². The number of benzene rings is 1. The number of anilines is 1. The molecular formula is C13H19N3O3S. The van der Waals surface area contributed by atoms with Gasteiger partial charge in [-0.05, 0) is 50.5 Å². The number of nitrogens with two attached hydrogens (primary N) is 1. The molecule has 0 aromatic heterocycles. The third kappa shape index (κ3) is 3.49. The van der Waals surface area contributed by atoms with E-state index in [2.05, 4.69) is 5.32 Å². The van der Waals surface area contributed by atoms with E-state index in [4.69, 9.17) is 5.14 Å². The van der Waals surface area contributed by atoms with Gasteiger partial charge in [0, 0.05) is 18.3 Å². The highest BCUT2D eigenvalue weighted by Crippen LogP contribution is 2.18. The number of nitrogens with zero attached hydrogens (tertiary/aromatic N) is 1. The van der Waals surface area contributed by atoms with Crippen molar-refractivity contribution < 1.29 is 13.2 Å². The molecule has 0 aliphatic carbocycles. The van der Waals surface area contributed by atoms with Crippen molar-refractivity contribution in [1.29, 1.82) is 0 Å². The van der Waals surface area contributed by atoms with Crippen LogP contribution in [0.4, 0.5) is 10.5 Å². The van der Waals surface area contributed by atoms with Crippen molar-refractivity contribution in [2.75, 3.05) is 11.9 Å². The Balaban J connectivity index is 2.04. The van der Waals surface area contributed by atoms with Crippen LogP contribution in [0.3, 0.4) is 0 Å². The first kappa shape index (κ1) is 14.8. The van der Waals surface area contributed by atoms with Crippen molar-refractivity contribution in [3.05, 3.63) is 24.3 Å². The lowest BCUT2D eigenvalue weighted by molar-refractivity contribution is 0.170. The lowest BCUT2D eigenvalue weighted by Crippen LogP contribution is -2.44. The molecular weight excluding hydrogens is 278 g/mol. The number of hydrogen-bond acceptors (Lipinski definition) is 3. The molecule has 3 N–H and O–H groups in total. The fourth-order valence-electron chi connectivity index (χ4n) is 2.32. The molecule has 2 amide bonds. The number of likely N-dealkylation sites (tertiary alicyclic amines) is 1. The first-order chi connectivity index (χ1) is 9.38. The molecule has 110 valence electrons. The number of piperidine rings is 1. The molecule has 1 aromatic carbocycles. The van der Waals surface area contributed by atoms with E-state index in [-0.39, 0.29) is 17.0 Å². The Hall–Kier alpha value is -1.60. The molecule has 0 unspecified atom stereocenters. The predicted molar refractivity (Wildman–Crippen MR) is 76.9 cm³/mol. The average molecular weight is 297 g/mol. The van der Waals surface area contributed by atoms with E-state index in [9.17, 15) is 13.2 Å². The fourth-order valence-corrected chi connectivity index (χ4v) is 2.84. The summed E-state index contributed by atoms with van der Waals surface area (Å²) >= 11 is 0. The molecule has 0 saturated carbocycles. The Kier molecular flexibility index (Phi) is 4.29. The molecule has 0 radical (unpaired) electrons. The van der Waals surface area contributed by atoms with Crippen LogP contribution in [0.5, 0.6) is 0 Å². The van der Waals surface area contributed by atoms with Gasteiger partial charge in [-0.2, -0.15) is 0 Å². The number of carbonyl (C=O) groups excluding carboxylic acids is 1. The summed E-state index contributed by atoms with van der Waals surface area (Å²) in [7, 11) is -3.70. The number of nitrogens with one attached hydrogen (secondary N) is 1. The van der Waals surface area contributed by atoms with Gasteiger partial charge in [-0.15, -0.1) is 0 Å². The molecule has 1 aliphatic rings. The molecule has 1 aliphatic heterocycles. The molecule has 1 fully saturated rings. The van der Waals surface area contributed by atoms with Gasteiger partial charge < -0.3 is 10.2 Å². The first-order valence-electron chi connectivity index (χ1n) is 6.58. The van der Waals surface area contributed by atoms with Crippen molar-refractivity contribution in [2.24, 2.45) is 5.14 Å². The lowest BCUT2D eigenvalue weighted by atomic mass is 10.0. The van der Waals surface area contributed by atoms with Crippen LogP contribution in [0.1, 0.15) is 26.2 Å². The van der Waals surface area contributed by atoms with Crippen molar-refractivity contribution in [3.63, 3.8) is 0 Å². The summed E-state index contributed by atoms with van der Waals surface area (Å²) in [6.45, 7) is 2.78. The Morgan fingerprint density at radius 2 is 1.95 bits per heavy atom. The predicted octanol–water partition coefficient (Wildman–Crippen LogP) is 1.74. The van der Waals surface area contributed by atoms with E-state index in [0.29, 0.717) is 5.69 Å². The Morgan fingerprint density at radius 3 is 2.50 bits per heavy atom. The van der Waals surface area contributed by atoms with Gasteiger partial charge in [-0.25, -0.2) is 18.4 Å². The van der Waals surface area contributed by atoms with E-state index < -0.39 is 10.0 Å². The highest BCUT2D eigenvalue weighted by molar-refractivity contribution is 7.89. The number of primary sulfonamides is 1. The number of urea groups is 1. The number of rotatable bonds is 2. The van der Waals surface area contributed by atoms with Crippen molar-refractivity contribution in [3.8, 4) is 0 Å². The maximum absolute atomic E-state index is 12.1. The van der Waals surface area contributed by atoms with Crippen LogP contribution in [-0.4, -0.2) is 31.9 Å². The van der Waals surface area contributed by atoms with Crippen molar-refractivity contribution in [1.82, 2.24) is 4.90 Å². The minimum Gasteiger partial charge on any atom is -0.322 e. The van der Waals surface area contributed by atoms with Gasteiger partial charge in [0.1, 0.15) is 0 Å². The maximum Gasteiger partial charge on any atom is 0.322 e. The van der Waals surface area contributed by atoms with Crippen LogP contribution < -0.4 is 10.5 Å². The van der Waals surface area contributed by atoms with Gasteiger partial charge in [0.2, 0.25) is 10.0 Å². The summed E-state index contributed by atoms with van der Waals surface area (Å²) in [6, 6.07) is 5.90. The van der Waals surface area contributed by atoms with Crippen LogP contribution >= 0.6 is 0 Å². The summed E-state index contributed by atoms with van der Waals surface area (Å²) in [5, 5.41) is 7.79. The van der Waals surface area contributed by atoms with Crippen LogP contribution in [0.15, 0.2) is 29.2 Å². The van der Waals surface area contributed by atoms with Crippen LogP contribution in [0, 0.1) is 0 Å². The summed E-state index contributed by atoms with van der Waals surface area (Å²) in [4.78, 5) is 14.0. The minimum atomic E-state index is -3.70. The quantitative estimate of drug-likeness (QED) is 0.870. The molecule has 20 heavy (non-hydrogen) atoms. The third-order valence-electron chi connectivity index (χ3n) is 3.50. The fraction of sp³-hybridized carbons (Fsp3) is 0.462. The van der Waals surface area contributed by atoms with Gasteiger partial charge in [-0.3, -0.25) is 0 Å². The zero-order chi connectivity index (χ0) is 14.8. The molecule has 0 spiro atoms. The number of hydrogen-bond donors (Lipinski definition) is 2.